The Morgan fingerprint density at radius 2 is 2.00 bits per heavy atom. The van der Waals surface area contributed by atoms with Gasteiger partial charge in [-0.15, -0.1) is 10.2 Å². The lowest BCUT2D eigenvalue weighted by molar-refractivity contribution is -0.118. The second-order valence-electron chi connectivity index (χ2n) is 5.63. The molecule has 1 heterocycles. The van der Waals surface area contributed by atoms with Crippen LogP contribution < -0.4 is 5.32 Å². The Labute approximate surface area is 155 Å². The van der Waals surface area contributed by atoms with Gasteiger partial charge in [-0.2, -0.15) is 0 Å². The maximum absolute atomic E-state index is 11.5. The summed E-state index contributed by atoms with van der Waals surface area (Å²) in [5.74, 6) is 0.833. The molecule has 0 saturated carbocycles. The van der Waals surface area contributed by atoms with Crippen LogP contribution in [0.25, 0.3) is 22.2 Å². The number of ether oxygens (including phenoxy) is 1. The molecule has 136 valence electrons. The molecule has 2 aromatic carbocycles. The summed E-state index contributed by atoms with van der Waals surface area (Å²) in [5, 5.41) is 24.1. The van der Waals surface area contributed by atoms with Crippen molar-refractivity contribution in [2.75, 3.05) is 26.5 Å². The van der Waals surface area contributed by atoms with Crippen LogP contribution >= 0.6 is 11.8 Å². The SMILES string of the molecule is CNC(=O)CSc1nnc(-c2cc3ccccc3cc2O)n1CCOC. The second kappa shape index (κ2) is 8.20. The lowest BCUT2D eigenvalue weighted by atomic mass is 10.1. The number of hydrogen-bond donors (Lipinski definition) is 2. The minimum absolute atomic E-state index is 0.0913. The molecule has 26 heavy (non-hydrogen) atoms. The molecule has 7 nitrogen and oxygen atoms in total. The van der Waals surface area contributed by atoms with Gasteiger partial charge >= 0.3 is 0 Å². The van der Waals surface area contributed by atoms with Crippen LogP contribution in [0.4, 0.5) is 0 Å². The van der Waals surface area contributed by atoms with Crippen LogP contribution in [-0.2, 0) is 16.1 Å². The molecule has 1 amide bonds. The Morgan fingerprint density at radius 3 is 2.69 bits per heavy atom. The number of aromatic nitrogens is 3. The van der Waals surface area contributed by atoms with E-state index < -0.39 is 0 Å². The summed E-state index contributed by atoms with van der Waals surface area (Å²) in [6, 6.07) is 11.4. The molecule has 3 rings (SSSR count). The highest BCUT2D eigenvalue weighted by molar-refractivity contribution is 7.99. The number of hydrogen-bond acceptors (Lipinski definition) is 6. The molecule has 3 aromatic rings. The minimum Gasteiger partial charge on any atom is -0.507 e. The molecule has 0 saturated heterocycles. The first-order chi connectivity index (χ1) is 12.6. The first-order valence-electron chi connectivity index (χ1n) is 8.11. The van der Waals surface area contributed by atoms with Crippen molar-refractivity contribution in [3.05, 3.63) is 36.4 Å². The predicted octanol–water partition coefficient (Wildman–Crippen LogP) is 2.29. The van der Waals surface area contributed by atoms with E-state index in [1.807, 2.05) is 34.9 Å². The Bertz CT molecular complexity index is 926. The zero-order chi connectivity index (χ0) is 18.5. The molecule has 0 radical (unpaired) electrons. The molecule has 2 N–H and O–H groups in total. The summed E-state index contributed by atoms with van der Waals surface area (Å²) < 4.78 is 7.04. The molecule has 0 aliphatic carbocycles. The summed E-state index contributed by atoms with van der Waals surface area (Å²) in [7, 11) is 3.21. The van der Waals surface area contributed by atoms with Gasteiger partial charge in [-0.1, -0.05) is 36.0 Å². The van der Waals surface area contributed by atoms with Gasteiger partial charge in [-0.25, -0.2) is 0 Å². The van der Waals surface area contributed by atoms with E-state index >= 15 is 0 Å². The fourth-order valence-electron chi connectivity index (χ4n) is 2.59. The molecule has 0 aliphatic rings. The third-order valence-corrected chi connectivity index (χ3v) is 4.92. The Kier molecular flexibility index (Phi) is 5.75. The van der Waals surface area contributed by atoms with Crippen molar-refractivity contribution in [3.8, 4) is 17.1 Å². The van der Waals surface area contributed by atoms with E-state index in [0.717, 1.165) is 10.8 Å². The van der Waals surface area contributed by atoms with Crippen LogP contribution in [-0.4, -0.2) is 52.3 Å². The highest BCUT2D eigenvalue weighted by Crippen LogP contribution is 2.34. The summed E-state index contributed by atoms with van der Waals surface area (Å²) in [6.07, 6.45) is 0. The molecule has 0 fully saturated rings. The normalized spacial score (nSPS) is 11.0. The lowest BCUT2D eigenvalue weighted by Crippen LogP contribution is -2.20. The van der Waals surface area contributed by atoms with Gasteiger partial charge < -0.3 is 15.2 Å². The fraction of sp³-hybridized carbons (Fsp3) is 0.278. The van der Waals surface area contributed by atoms with Gasteiger partial charge in [0.25, 0.3) is 0 Å². The van der Waals surface area contributed by atoms with Crippen LogP contribution in [0.3, 0.4) is 0 Å². The number of methoxy groups -OCH3 is 1. The molecular formula is C18H20N4O3S. The number of carbonyl (C=O) groups is 1. The number of fused-ring (bicyclic) bond motifs is 1. The number of phenolic OH excluding ortho intramolecular Hbond substituents is 1. The van der Waals surface area contributed by atoms with Gasteiger partial charge in [0, 0.05) is 14.2 Å². The molecule has 0 aliphatic heterocycles. The van der Waals surface area contributed by atoms with E-state index in [0.29, 0.717) is 29.7 Å². The van der Waals surface area contributed by atoms with Gasteiger partial charge in [0.15, 0.2) is 11.0 Å². The number of benzene rings is 2. The summed E-state index contributed by atoms with van der Waals surface area (Å²) in [5.41, 5.74) is 0.596. The molecule has 0 bridgehead atoms. The van der Waals surface area contributed by atoms with E-state index in [2.05, 4.69) is 15.5 Å². The molecule has 0 spiro atoms. The highest BCUT2D eigenvalue weighted by atomic mass is 32.2. The van der Waals surface area contributed by atoms with Crippen molar-refractivity contribution < 1.29 is 14.6 Å². The number of thioether (sulfide) groups is 1. The molecule has 0 atom stereocenters. The lowest BCUT2D eigenvalue weighted by Gasteiger charge is -2.11. The molecular weight excluding hydrogens is 352 g/mol. The quantitative estimate of drug-likeness (QED) is 0.619. The zero-order valence-electron chi connectivity index (χ0n) is 14.6. The van der Waals surface area contributed by atoms with Gasteiger partial charge in [0.1, 0.15) is 5.75 Å². The van der Waals surface area contributed by atoms with Gasteiger partial charge in [-0.3, -0.25) is 9.36 Å². The second-order valence-corrected chi connectivity index (χ2v) is 6.57. The van der Waals surface area contributed by atoms with Gasteiger partial charge in [-0.05, 0) is 22.9 Å². The monoisotopic (exact) mass is 372 g/mol. The van der Waals surface area contributed by atoms with Crippen LogP contribution in [0, 0.1) is 0 Å². The maximum atomic E-state index is 11.5. The number of rotatable bonds is 7. The number of phenols is 1. The summed E-state index contributed by atoms with van der Waals surface area (Å²) >= 11 is 1.30. The number of carbonyl (C=O) groups excluding carboxylic acids is 1. The van der Waals surface area contributed by atoms with Crippen LogP contribution in [0.2, 0.25) is 0 Å². The Hall–Kier alpha value is -2.58. The average molecular weight is 372 g/mol. The van der Waals surface area contributed by atoms with E-state index in [-0.39, 0.29) is 17.4 Å². The first-order valence-corrected chi connectivity index (χ1v) is 9.10. The maximum Gasteiger partial charge on any atom is 0.230 e. The highest BCUT2D eigenvalue weighted by Gasteiger charge is 2.18. The average Bonchev–Trinajstić information content (AvgIpc) is 3.06. The van der Waals surface area contributed by atoms with Crippen molar-refractivity contribution in [1.29, 1.82) is 0 Å². The third kappa shape index (κ3) is 3.81. The standard InChI is InChI=1S/C18H20N4O3S/c1-19-16(24)11-26-18-21-20-17(22(18)7-8-25-2)14-9-12-5-3-4-6-13(12)10-15(14)23/h3-6,9-10,23H,7-8,11H2,1-2H3,(H,19,24). The molecule has 0 unspecified atom stereocenters. The largest absolute Gasteiger partial charge is 0.507 e. The van der Waals surface area contributed by atoms with Gasteiger partial charge in [0.2, 0.25) is 5.91 Å². The van der Waals surface area contributed by atoms with Crippen LogP contribution in [0.1, 0.15) is 0 Å². The zero-order valence-corrected chi connectivity index (χ0v) is 15.4. The number of amides is 1. The Morgan fingerprint density at radius 1 is 1.27 bits per heavy atom. The third-order valence-electron chi connectivity index (χ3n) is 3.95. The van der Waals surface area contributed by atoms with Crippen molar-refractivity contribution in [3.63, 3.8) is 0 Å². The van der Waals surface area contributed by atoms with Crippen molar-refractivity contribution in [1.82, 2.24) is 20.1 Å². The molecule has 8 heteroatoms. The first kappa shape index (κ1) is 18.2. The molecule has 1 aromatic heterocycles. The Balaban J connectivity index is 2.02. The fourth-order valence-corrected chi connectivity index (χ4v) is 3.43. The van der Waals surface area contributed by atoms with E-state index in [1.165, 1.54) is 11.8 Å². The van der Waals surface area contributed by atoms with Crippen LogP contribution in [0.5, 0.6) is 5.75 Å². The summed E-state index contributed by atoms with van der Waals surface area (Å²) in [6.45, 7) is 0.980. The van der Waals surface area contributed by atoms with Crippen molar-refractivity contribution in [2.45, 2.75) is 11.7 Å². The van der Waals surface area contributed by atoms with E-state index in [1.54, 1.807) is 20.2 Å². The minimum atomic E-state index is -0.0913. The summed E-state index contributed by atoms with van der Waals surface area (Å²) in [4.78, 5) is 11.5. The smallest absolute Gasteiger partial charge is 0.230 e. The number of nitrogens with one attached hydrogen (secondary N) is 1. The van der Waals surface area contributed by atoms with E-state index in [9.17, 15) is 9.90 Å². The van der Waals surface area contributed by atoms with Crippen molar-refractivity contribution in [2.24, 2.45) is 0 Å². The predicted molar refractivity (Wildman–Crippen MR) is 101 cm³/mol. The topological polar surface area (TPSA) is 89.3 Å². The van der Waals surface area contributed by atoms with Gasteiger partial charge in [0.05, 0.1) is 24.5 Å². The number of nitrogens with zero attached hydrogens (tertiary/aromatic N) is 3. The van der Waals surface area contributed by atoms with Crippen LogP contribution in [0.15, 0.2) is 41.6 Å². The van der Waals surface area contributed by atoms with E-state index in [4.69, 9.17) is 4.74 Å². The number of aromatic hydroxyl groups is 1. The van der Waals surface area contributed by atoms with Crippen molar-refractivity contribution >= 4 is 28.4 Å².